The molecule has 360 valence electrons. The van der Waals surface area contributed by atoms with E-state index in [-0.39, 0.29) is 26.1 Å². The maximum Gasteiger partial charge on any atom is 0.472 e. The molecule has 0 spiro atoms. The van der Waals surface area contributed by atoms with Crippen LogP contribution < -0.4 is 5.32 Å². The number of nitrogens with one attached hydrogen (secondary N) is 1. The van der Waals surface area contributed by atoms with Gasteiger partial charge in [-0.25, -0.2) is 4.57 Å². The molecule has 0 fully saturated rings. The Balaban J connectivity index is 4.17. The lowest BCUT2D eigenvalue weighted by Gasteiger charge is -2.20. The number of rotatable bonds is 47. The van der Waals surface area contributed by atoms with Gasteiger partial charge in [0.1, 0.15) is 6.61 Å². The summed E-state index contributed by atoms with van der Waals surface area (Å²) in [5.41, 5.74) is 0. The molecule has 0 saturated heterocycles. The van der Waals surface area contributed by atoms with Gasteiger partial charge in [-0.2, -0.15) is 0 Å². The number of hydrogen-bond donors (Lipinski definition) is 2. The maximum absolute atomic E-state index is 12.7. The van der Waals surface area contributed by atoms with Crippen LogP contribution in [-0.4, -0.2) is 56.3 Å². The molecule has 0 bridgehead atoms. The van der Waals surface area contributed by atoms with Crippen LogP contribution in [0.5, 0.6) is 0 Å². The Hall–Kier alpha value is -2.29. The van der Waals surface area contributed by atoms with Crippen LogP contribution in [0, 0.1) is 0 Å². The summed E-state index contributed by atoms with van der Waals surface area (Å²) in [6, 6.07) is 0. The standard InChI is InChI=1S/C52H94NO8P/c1-4-6-8-10-12-14-16-18-20-22-24-25-27-29-31-33-35-37-39-41-43-45-52(55)61-50(49-60-62(56,57)59-47-46-53-3)48-58-51(54)44-42-40-38-36-34-32-30-28-26-23-21-19-17-15-13-11-9-7-5-2/h7,9,13,15,19,21,26,28,32,34,50,53H,4-6,8,10-12,14,16-18,20,22-25,27,29-31,33,35-49H2,1-3H3,(H,56,57)/b9-7-,15-13-,21-19-,28-26-,34-32-. The van der Waals surface area contributed by atoms with Crippen LogP contribution in [0.15, 0.2) is 60.8 Å². The van der Waals surface area contributed by atoms with Crippen LogP contribution in [-0.2, 0) is 32.7 Å². The molecular weight excluding hydrogens is 798 g/mol. The molecule has 2 unspecified atom stereocenters. The molecule has 0 aromatic rings. The zero-order chi connectivity index (χ0) is 45.3. The van der Waals surface area contributed by atoms with Crippen molar-refractivity contribution in [1.29, 1.82) is 0 Å². The highest BCUT2D eigenvalue weighted by atomic mass is 31.2. The highest BCUT2D eigenvalue weighted by Gasteiger charge is 2.26. The van der Waals surface area contributed by atoms with Crippen molar-refractivity contribution in [3.05, 3.63) is 60.8 Å². The highest BCUT2D eigenvalue weighted by Crippen LogP contribution is 2.43. The fourth-order valence-electron chi connectivity index (χ4n) is 6.87. The lowest BCUT2D eigenvalue weighted by molar-refractivity contribution is -0.161. The van der Waals surface area contributed by atoms with Gasteiger partial charge in [-0.05, 0) is 64.8 Å². The third-order valence-electron chi connectivity index (χ3n) is 10.7. The maximum atomic E-state index is 12.7. The van der Waals surface area contributed by atoms with Gasteiger partial charge < -0.3 is 19.7 Å². The number of ether oxygens (including phenoxy) is 2. The summed E-state index contributed by atoms with van der Waals surface area (Å²) < 4.78 is 33.3. The lowest BCUT2D eigenvalue weighted by atomic mass is 10.0. The van der Waals surface area contributed by atoms with E-state index in [2.05, 4.69) is 79.9 Å². The minimum absolute atomic E-state index is 0.0235. The van der Waals surface area contributed by atoms with E-state index in [0.717, 1.165) is 64.2 Å². The zero-order valence-corrected chi connectivity index (χ0v) is 41.0. The number of phosphoric ester groups is 1. The third-order valence-corrected chi connectivity index (χ3v) is 11.6. The van der Waals surface area contributed by atoms with E-state index in [1.807, 2.05) is 0 Å². The number of carbonyl (C=O) groups is 2. The topological polar surface area (TPSA) is 120 Å². The Morgan fingerprint density at radius 3 is 1.37 bits per heavy atom. The Kier molecular flexibility index (Phi) is 46.4. The van der Waals surface area contributed by atoms with Crippen molar-refractivity contribution in [1.82, 2.24) is 5.32 Å². The molecule has 0 amide bonds. The quantitative estimate of drug-likeness (QED) is 0.0266. The van der Waals surface area contributed by atoms with Crippen molar-refractivity contribution < 1.29 is 37.6 Å². The molecule has 9 nitrogen and oxygen atoms in total. The first-order valence-corrected chi connectivity index (χ1v) is 26.7. The predicted octanol–water partition coefficient (Wildman–Crippen LogP) is 15.1. The Labute approximate surface area is 381 Å². The Morgan fingerprint density at radius 1 is 0.516 bits per heavy atom. The van der Waals surface area contributed by atoms with Crippen molar-refractivity contribution in [2.45, 2.75) is 225 Å². The Bertz CT molecular complexity index is 1200. The minimum atomic E-state index is -4.36. The van der Waals surface area contributed by atoms with Crippen molar-refractivity contribution in [2.24, 2.45) is 0 Å². The first-order valence-electron chi connectivity index (χ1n) is 25.2. The molecule has 0 aromatic carbocycles. The van der Waals surface area contributed by atoms with E-state index in [1.54, 1.807) is 7.05 Å². The van der Waals surface area contributed by atoms with Gasteiger partial charge in [0.15, 0.2) is 6.10 Å². The number of allylic oxidation sites excluding steroid dienone is 10. The van der Waals surface area contributed by atoms with Crippen LogP contribution >= 0.6 is 7.82 Å². The van der Waals surface area contributed by atoms with Crippen LogP contribution in [0.1, 0.15) is 219 Å². The SMILES string of the molecule is CC/C=C\C/C=C\C/C=C\C/C=C\C/C=C\CCCCCC(=O)OCC(COP(=O)(O)OCCNC)OC(=O)CCCCCCCCCCCCCCCCCCCCCCC. The fraction of sp³-hybridized carbons (Fsp3) is 0.769. The highest BCUT2D eigenvalue weighted by molar-refractivity contribution is 7.47. The van der Waals surface area contributed by atoms with Crippen molar-refractivity contribution in [3.8, 4) is 0 Å². The molecule has 0 heterocycles. The summed E-state index contributed by atoms with van der Waals surface area (Å²) in [7, 11) is -2.66. The van der Waals surface area contributed by atoms with Gasteiger partial charge in [-0.3, -0.25) is 18.6 Å². The molecular formula is C52H94NO8P. The Morgan fingerprint density at radius 2 is 0.919 bits per heavy atom. The molecule has 0 aliphatic carbocycles. The number of esters is 2. The van der Waals surface area contributed by atoms with E-state index < -0.39 is 32.5 Å². The summed E-state index contributed by atoms with van der Waals surface area (Å²) in [5.74, 6) is -0.839. The van der Waals surface area contributed by atoms with E-state index in [0.29, 0.717) is 19.4 Å². The summed E-state index contributed by atoms with van der Waals surface area (Å²) in [6.07, 6.45) is 57.0. The second-order valence-electron chi connectivity index (χ2n) is 16.6. The van der Waals surface area contributed by atoms with Gasteiger partial charge in [0.25, 0.3) is 0 Å². The molecule has 2 atom stereocenters. The number of hydrogen-bond acceptors (Lipinski definition) is 8. The molecule has 0 aromatic heterocycles. The third kappa shape index (κ3) is 47.2. The first-order chi connectivity index (χ1) is 30.3. The van der Waals surface area contributed by atoms with Crippen LogP contribution in [0.3, 0.4) is 0 Å². The molecule has 0 rings (SSSR count). The summed E-state index contributed by atoms with van der Waals surface area (Å²) in [5, 5.41) is 2.83. The van der Waals surface area contributed by atoms with Gasteiger partial charge in [-0.15, -0.1) is 0 Å². The van der Waals surface area contributed by atoms with Gasteiger partial charge in [0.05, 0.1) is 13.2 Å². The smallest absolute Gasteiger partial charge is 0.462 e. The van der Waals surface area contributed by atoms with Crippen molar-refractivity contribution in [2.75, 3.05) is 33.4 Å². The summed E-state index contributed by atoms with van der Waals surface area (Å²) in [6.45, 7) is 4.10. The van der Waals surface area contributed by atoms with Crippen LogP contribution in [0.25, 0.3) is 0 Å². The van der Waals surface area contributed by atoms with Gasteiger partial charge in [0, 0.05) is 19.4 Å². The number of carbonyl (C=O) groups excluding carboxylic acids is 2. The monoisotopic (exact) mass is 892 g/mol. The van der Waals surface area contributed by atoms with Gasteiger partial charge >= 0.3 is 19.8 Å². The fourth-order valence-corrected chi connectivity index (χ4v) is 7.63. The largest absolute Gasteiger partial charge is 0.472 e. The van der Waals surface area contributed by atoms with Crippen molar-refractivity contribution in [3.63, 3.8) is 0 Å². The zero-order valence-electron chi connectivity index (χ0n) is 40.1. The second-order valence-corrected chi connectivity index (χ2v) is 18.1. The average Bonchev–Trinajstić information content (AvgIpc) is 3.26. The molecule has 0 aliphatic rings. The lowest BCUT2D eigenvalue weighted by Crippen LogP contribution is -2.29. The van der Waals surface area contributed by atoms with E-state index in [9.17, 15) is 19.0 Å². The van der Waals surface area contributed by atoms with Gasteiger partial charge in [-0.1, -0.05) is 209 Å². The van der Waals surface area contributed by atoms with E-state index in [4.69, 9.17) is 18.5 Å². The predicted molar refractivity (Wildman–Crippen MR) is 261 cm³/mol. The number of likely N-dealkylation sites (N-methyl/N-ethyl adjacent to an activating group) is 1. The van der Waals surface area contributed by atoms with Crippen LogP contribution in [0.2, 0.25) is 0 Å². The normalized spacial score (nSPS) is 13.7. The number of phosphoric acid groups is 1. The molecule has 0 radical (unpaired) electrons. The minimum Gasteiger partial charge on any atom is -0.462 e. The number of unbranched alkanes of at least 4 members (excludes halogenated alkanes) is 23. The molecule has 2 N–H and O–H groups in total. The molecule has 10 heteroatoms. The summed E-state index contributed by atoms with van der Waals surface area (Å²) >= 11 is 0. The summed E-state index contributed by atoms with van der Waals surface area (Å²) in [4.78, 5) is 35.2. The van der Waals surface area contributed by atoms with Crippen molar-refractivity contribution >= 4 is 19.8 Å². The van der Waals surface area contributed by atoms with Gasteiger partial charge in [0.2, 0.25) is 0 Å². The second kappa shape index (κ2) is 48.2. The average molecular weight is 892 g/mol. The van der Waals surface area contributed by atoms with E-state index >= 15 is 0 Å². The molecule has 62 heavy (non-hydrogen) atoms. The van der Waals surface area contributed by atoms with E-state index in [1.165, 1.54) is 116 Å². The first kappa shape index (κ1) is 59.7. The molecule has 0 aliphatic heterocycles. The van der Waals surface area contributed by atoms with Crippen LogP contribution in [0.4, 0.5) is 0 Å². The molecule has 0 saturated carbocycles.